The first-order valence-corrected chi connectivity index (χ1v) is 6.54. The van der Waals surface area contributed by atoms with Crippen molar-refractivity contribution in [2.24, 2.45) is 0 Å². The van der Waals surface area contributed by atoms with Crippen LogP contribution in [0, 0.1) is 3.57 Å². The van der Waals surface area contributed by atoms with Crippen molar-refractivity contribution in [1.29, 1.82) is 0 Å². The van der Waals surface area contributed by atoms with Gasteiger partial charge in [-0.05, 0) is 45.4 Å². The summed E-state index contributed by atoms with van der Waals surface area (Å²) in [5, 5.41) is 7.36. The van der Waals surface area contributed by atoms with Crippen molar-refractivity contribution in [2.75, 3.05) is 11.9 Å². The minimum Gasteiger partial charge on any atom is -0.369 e. The van der Waals surface area contributed by atoms with Crippen LogP contribution in [-0.2, 0) is 0 Å². The smallest absolute Gasteiger partial charge is 0.173 e. The third-order valence-corrected chi connectivity index (χ3v) is 3.17. The van der Waals surface area contributed by atoms with Gasteiger partial charge in [0.25, 0.3) is 0 Å². The number of aromatic nitrogens is 4. The van der Waals surface area contributed by atoms with Crippen molar-refractivity contribution in [3.05, 3.63) is 26.8 Å². The van der Waals surface area contributed by atoms with E-state index in [2.05, 4.69) is 58.9 Å². The summed E-state index contributed by atoms with van der Waals surface area (Å²) in [6.45, 7) is 2.83. The Morgan fingerprint density at radius 2 is 2.31 bits per heavy atom. The molecule has 0 unspecified atom stereocenters. The molecule has 5 nitrogen and oxygen atoms in total. The van der Waals surface area contributed by atoms with E-state index < -0.39 is 0 Å². The number of nitrogens with zero attached hydrogens (tertiary/aromatic N) is 4. The normalized spacial score (nSPS) is 10.4. The molecule has 0 aromatic carbocycles. The fourth-order valence-corrected chi connectivity index (χ4v) is 2.14. The molecule has 0 fully saturated rings. The number of rotatable bonds is 3. The largest absolute Gasteiger partial charge is 0.369 e. The van der Waals surface area contributed by atoms with E-state index in [9.17, 15) is 0 Å². The quantitative estimate of drug-likeness (QED) is 0.814. The van der Waals surface area contributed by atoms with Crippen LogP contribution in [0.3, 0.4) is 0 Å². The van der Waals surface area contributed by atoms with Crippen molar-refractivity contribution in [2.45, 2.75) is 6.92 Å². The molecule has 0 bridgehead atoms. The Kier molecular flexibility index (Phi) is 3.74. The number of nitrogens with one attached hydrogen (secondary N) is 1. The standard InChI is InChI=1S/C9H9BrIN5/c1-2-12-8-7(10)9(14-5-13-8)16-4-6(11)3-15-16/h3-5H,2H2,1H3,(H,12,13,14). The number of hydrogen-bond acceptors (Lipinski definition) is 4. The van der Waals surface area contributed by atoms with Crippen molar-refractivity contribution in [3.63, 3.8) is 0 Å². The first kappa shape index (κ1) is 11.8. The highest BCUT2D eigenvalue weighted by atomic mass is 127. The molecule has 0 atom stereocenters. The molecular weight excluding hydrogens is 385 g/mol. The highest BCUT2D eigenvalue weighted by Crippen LogP contribution is 2.25. The summed E-state index contributed by atoms with van der Waals surface area (Å²) >= 11 is 5.68. The minimum absolute atomic E-state index is 0.730. The Balaban J connectivity index is 2.45. The Hall–Kier alpha value is -0.700. The Labute approximate surface area is 115 Å². The third-order valence-electron chi connectivity index (χ3n) is 1.88. The van der Waals surface area contributed by atoms with E-state index in [0.717, 1.165) is 26.2 Å². The second kappa shape index (κ2) is 5.09. The fraction of sp³-hybridized carbons (Fsp3) is 0.222. The van der Waals surface area contributed by atoms with Crippen LogP contribution >= 0.6 is 38.5 Å². The molecule has 0 aliphatic heterocycles. The zero-order valence-corrected chi connectivity index (χ0v) is 12.2. The molecule has 7 heteroatoms. The lowest BCUT2D eigenvalue weighted by Gasteiger charge is -2.08. The lowest BCUT2D eigenvalue weighted by atomic mass is 10.5. The van der Waals surface area contributed by atoms with Crippen LogP contribution in [0.2, 0.25) is 0 Å². The van der Waals surface area contributed by atoms with Crippen molar-refractivity contribution >= 4 is 44.3 Å². The van der Waals surface area contributed by atoms with Crippen LogP contribution in [0.15, 0.2) is 23.2 Å². The van der Waals surface area contributed by atoms with E-state index in [1.807, 2.05) is 13.1 Å². The van der Waals surface area contributed by atoms with Crippen LogP contribution in [0.5, 0.6) is 0 Å². The van der Waals surface area contributed by atoms with Gasteiger partial charge in [-0.3, -0.25) is 0 Å². The zero-order valence-electron chi connectivity index (χ0n) is 8.48. The lowest BCUT2D eigenvalue weighted by Crippen LogP contribution is -2.06. The maximum atomic E-state index is 4.21. The summed E-state index contributed by atoms with van der Waals surface area (Å²) in [4.78, 5) is 8.35. The fourth-order valence-electron chi connectivity index (χ4n) is 1.23. The molecule has 0 aliphatic carbocycles. The van der Waals surface area contributed by atoms with E-state index in [4.69, 9.17) is 0 Å². The summed E-state index contributed by atoms with van der Waals surface area (Å²) in [7, 11) is 0. The Bertz CT molecular complexity index is 498. The van der Waals surface area contributed by atoms with Gasteiger partial charge in [0.15, 0.2) is 5.82 Å². The maximum absolute atomic E-state index is 4.21. The van der Waals surface area contributed by atoms with Crippen LogP contribution < -0.4 is 5.32 Å². The first-order valence-electron chi connectivity index (χ1n) is 4.67. The molecular formula is C9H9BrIN5. The molecule has 0 saturated carbocycles. The highest BCUT2D eigenvalue weighted by molar-refractivity contribution is 14.1. The lowest BCUT2D eigenvalue weighted by molar-refractivity contribution is 0.833. The molecule has 0 spiro atoms. The molecule has 2 aromatic rings. The summed E-state index contributed by atoms with van der Waals surface area (Å²) in [6.07, 6.45) is 5.21. The van der Waals surface area contributed by atoms with Gasteiger partial charge in [-0.1, -0.05) is 0 Å². The molecule has 0 aliphatic rings. The van der Waals surface area contributed by atoms with E-state index >= 15 is 0 Å². The van der Waals surface area contributed by atoms with Crippen molar-refractivity contribution < 1.29 is 0 Å². The maximum Gasteiger partial charge on any atom is 0.173 e. The van der Waals surface area contributed by atoms with Crippen molar-refractivity contribution in [1.82, 2.24) is 19.7 Å². The molecule has 16 heavy (non-hydrogen) atoms. The third kappa shape index (κ3) is 2.34. The minimum atomic E-state index is 0.730. The summed E-state index contributed by atoms with van der Waals surface area (Å²) in [5.74, 6) is 1.51. The first-order chi connectivity index (χ1) is 7.72. The molecule has 0 amide bonds. The van der Waals surface area contributed by atoms with E-state index in [-0.39, 0.29) is 0 Å². The van der Waals surface area contributed by atoms with Crippen LogP contribution in [-0.4, -0.2) is 26.3 Å². The predicted octanol–water partition coefficient (Wildman–Crippen LogP) is 2.46. The van der Waals surface area contributed by atoms with Gasteiger partial charge in [-0.25, -0.2) is 14.6 Å². The molecule has 1 N–H and O–H groups in total. The molecule has 2 aromatic heterocycles. The monoisotopic (exact) mass is 393 g/mol. The number of halogens is 2. The van der Waals surface area contributed by atoms with Crippen LogP contribution in [0.25, 0.3) is 5.82 Å². The van der Waals surface area contributed by atoms with E-state index in [1.165, 1.54) is 6.33 Å². The molecule has 0 saturated heterocycles. The zero-order chi connectivity index (χ0) is 11.5. The average molecular weight is 394 g/mol. The predicted molar refractivity (Wildman–Crippen MR) is 73.7 cm³/mol. The van der Waals surface area contributed by atoms with Crippen molar-refractivity contribution in [3.8, 4) is 5.82 Å². The van der Waals surface area contributed by atoms with Crippen LogP contribution in [0.4, 0.5) is 5.82 Å². The Morgan fingerprint density at radius 1 is 1.50 bits per heavy atom. The molecule has 2 rings (SSSR count). The highest BCUT2D eigenvalue weighted by Gasteiger charge is 2.10. The number of hydrogen-bond donors (Lipinski definition) is 1. The second-order valence-corrected chi connectivity index (χ2v) is 5.03. The van der Waals surface area contributed by atoms with Gasteiger partial charge in [-0.15, -0.1) is 0 Å². The number of anilines is 1. The van der Waals surface area contributed by atoms with E-state index in [0.29, 0.717) is 0 Å². The van der Waals surface area contributed by atoms with Gasteiger partial charge in [0.05, 0.1) is 9.77 Å². The molecule has 84 valence electrons. The summed E-state index contributed by atoms with van der Waals surface area (Å²) in [6, 6.07) is 0. The van der Waals surface area contributed by atoms with Gasteiger partial charge >= 0.3 is 0 Å². The van der Waals surface area contributed by atoms with Gasteiger partial charge in [-0.2, -0.15) is 5.10 Å². The van der Waals surface area contributed by atoms with Gasteiger partial charge in [0, 0.05) is 12.7 Å². The SMILES string of the molecule is CCNc1ncnc(-n2cc(I)cn2)c1Br. The van der Waals surface area contributed by atoms with E-state index in [1.54, 1.807) is 10.9 Å². The summed E-state index contributed by atoms with van der Waals surface area (Å²) < 4.78 is 3.60. The Morgan fingerprint density at radius 3 is 2.94 bits per heavy atom. The molecule has 2 heterocycles. The molecule has 0 radical (unpaired) electrons. The van der Waals surface area contributed by atoms with Crippen LogP contribution in [0.1, 0.15) is 6.92 Å². The average Bonchev–Trinajstić information content (AvgIpc) is 2.68. The van der Waals surface area contributed by atoms with Gasteiger partial charge < -0.3 is 5.32 Å². The summed E-state index contributed by atoms with van der Waals surface area (Å²) in [5.41, 5.74) is 0. The van der Waals surface area contributed by atoms with Gasteiger partial charge in [0.1, 0.15) is 16.6 Å². The topological polar surface area (TPSA) is 55.6 Å². The second-order valence-electron chi connectivity index (χ2n) is 2.99. The van der Waals surface area contributed by atoms with Gasteiger partial charge in [0.2, 0.25) is 0 Å².